The Balaban J connectivity index is 2.12. The lowest BCUT2D eigenvalue weighted by atomic mass is 10.1. The van der Waals surface area contributed by atoms with Gasteiger partial charge in [-0.15, -0.1) is 13.2 Å². The standard InChI is InChI=1S/C19H19ClF3N3O3/c1-12(15-9-8-14(10-17(15)20)29-19(21,22)23)25-28-11-13-6-4-5-7-16(13)18(24-2)26-27-3/h4-10H,11H2,1-3H3,(H,24,26)/b25-12+. The zero-order valence-corrected chi connectivity index (χ0v) is 16.6. The molecule has 2 aromatic carbocycles. The number of nitrogens with one attached hydrogen (secondary N) is 1. The Labute approximate surface area is 170 Å². The molecule has 0 fully saturated rings. The third-order valence-corrected chi connectivity index (χ3v) is 3.99. The highest BCUT2D eigenvalue weighted by Crippen LogP contribution is 2.28. The zero-order valence-electron chi connectivity index (χ0n) is 15.9. The molecule has 0 spiro atoms. The normalized spacial score (nSPS) is 12.7. The molecule has 0 saturated carbocycles. The Morgan fingerprint density at radius 3 is 2.48 bits per heavy atom. The number of hydrogen-bond acceptors (Lipinski definition) is 5. The number of alkyl halides is 3. The van der Waals surface area contributed by atoms with Crippen LogP contribution < -0.4 is 10.2 Å². The number of ether oxygens (including phenoxy) is 1. The molecule has 6 nitrogen and oxygen atoms in total. The molecule has 2 rings (SSSR count). The Hall–Kier alpha value is -2.78. The molecule has 0 atom stereocenters. The monoisotopic (exact) mass is 429 g/mol. The van der Waals surface area contributed by atoms with Crippen LogP contribution >= 0.6 is 11.6 Å². The van der Waals surface area contributed by atoms with Gasteiger partial charge in [0, 0.05) is 23.7 Å². The maximum atomic E-state index is 12.3. The molecule has 1 N–H and O–H groups in total. The van der Waals surface area contributed by atoms with Crippen molar-refractivity contribution in [2.24, 2.45) is 10.1 Å². The highest BCUT2D eigenvalue weighted by atomic mass is 35.5. The Morgan fingerprint density at radius 1 is 1.14 bits per heavy atom. The van der Waals surface area contributed by atoms with Crippen LogP contribution in [0.2, 0.25) is 5.02 Å². The number of rotatable bonds is 7. The van der Waals surface area contributed by atoms with E-state index in [4.69, 9.17) is 21.3 Å². The van der Waals surface area contributed by atoms with E-state index in [1.807, 2.05) is 24.3 Å². The molecule has 10 heteroatoms. The van der Waals surface area contributed by atoms with Gasteiger partial charge < -0.3 is 9.57 Å². The van der Waals surface area contributed by atoms with Crippen molar-refractivity contribution < 1.29 is 27.6 Å². The van der Waals surface area contributed by atoms with Gasteiger partial charge in [0.1, 0.15) is 12.4 Å². The molecule has 0 aliphatic heterocycles. The molecule has 0 aromatic heterocycles. The van der Waals surface area contributed by atoms with Crippen LogP contribution in [0.25, 0.3) is 0 Å². The van der Waals surface area contributed by atoms with Crippen LogP contribution in [0, 0.1) is 0 Å². The molecule has 0 aliphatic rings. The number of nitrogens with zero attached hydrogens (tertiary/aromatic N) is 2. The lowest BCUT2D eigenvalue weighted by Gasteiger charge is -2.12. The first-order valence-corrected chi connectivity index (χ1v) is 8.69. The van der Waals surface area contributed by atoms with Crippen LogP contribution in [0.1, 0.15) is 23.6 Å². The molecule has 2 aromatic rings. The van der Waals surface area contributed by atoms with E-state index in [0.717, 1.165) is 23.3 Å². The van der Waals surface area contributed by atoms with Crippen molar-refractivity contribution in [1.29, 1.82) is 0 Å². The zero-order chi connectivity index (χ0) is 21.4. The number of hydroxylamine groups is 1. The van der Waals surface area contributed by atoms with E-state index < -0.39 is 12.1 Å². The van der Waals surface area contributed by atoms with Gasteiger partial charge in [-0.2, -0.15) is 0 Å². The van der Waals surface area contributed by atoms with Crippen LogP contribution in [0.3, 0.4) is 0 Å². The summed E-state index contributed by atoms with van der Waals surface area (Å²) in [4.78, 5) is 14.4. The lowest BCUT2D eigenvalue weighted by Crippen LogP contribution is -2.24. The molecule has 0 aliphatic carbocycles. The first kappa shape index (κ1) is 22.5. The van der Waals surface area contributed by atoms with Crippen LogP contribution in [0.4, 0.5) is 13.2 Å². The number of hydrogen-bond donors (Lipinski definition) is 1. The molecular weight excluding hydrogens is 411 g/mol. The summed E-state index contributed by atoms with van der Waals surface area (Å²) in [6.45, 7) is 1.76. The van der Waals surface area contributed by atoms with Crippen LogP contribution in [-0.4, -0.2) is 32.1 Å². The van der Waals surface area contributed by atoms with Gasteiger partial charge in [0.2, 0.25) is 0 Å². The average Bonchev–Trinajstić information content (AvgIpc) is 2.65. The van der Waals surface area contributed by atoms with Gasteiger partial charge in [-0.05, 0) is 25.1 Å². The summed E-state index contributed by atoms with van der Waals surface area (Å²) in [5.74, 6) is 0.113. The molecule has 29 heavy (non-hydrogen) atoms. The predicted octanol–water partition coefficient (Wildman–Crippen LogP) is 4.71. The van der Waals surface area contributed by atoms with E-state index in [1.54, 1.807) is 14.0 Å². The average molecular weight is 430 g/mol. The van der Waals surface area contributed by atoms with Crippen LogP contribution in [-0.2, 0) is 16.3 Å². The molecule has 0 radical (unpaired) electrons. The summed E-state index contributed by atoms with van der Waals surface area (Å²) in [5.41, 5.74) is 5.08. The van der Waals surface area contributed by atoms with Gasteiger partial charge in [0.15, 0.2) is 5.84 Å². The second kappa shape index (κ2) is 10.1. The second-order valence-electron chi connectivity index (χ2n) is 5.68. The minimum absolute atomic E-state index is 0.0571. The topological polar surface area (TPSA) is 64.4 Å². The van der Waals surface area contributed by atoms with E-state index in [9.17, 15) is 13.2 Å². The predicted molar refractivity (Wildman–Crippen MR) is 104 cm³/mol. The summed E-state index contributed by atoms with van der Waals surface area (Å²) >= 11 is 6.05. The summed E-state index contributed by atoms with van der Waals surface area (Å²) in [7, 11) is 3.10. The SMILES string of the molecule is CN=C(NOC)c1ccccc1CO/N=C(\C)c1ccc(OC(F)(F)F)cc1Cl. The van der Waals surface area contributed by atoms with Crippen molar-refractivity contribution in [3.8, 4) is 5.75 Å². The third-order valence-electron chi connectivity index (χ3n) is 3.68. The molecule has 0 amide bonds. The van der Waals surface area contributed by atoms with E-state index in [1.165, 1.54) is 13.2 Å². The van der Waals surface area contributed by atoms with Gasteiger partial charge in [-0.1, -0.05) is 41.0 Å². The van der Waals surface area contributed by atoms with Crippen molar-refractivity contribution in [1.82, 2.24) is 5.48 Å². The molecule has 0 heterocycles. The molecule has 156 valence electrons. The summed E-state index contributed by atoms with van der Waals surface area (Å²) in [6, 6.07) is 11.0. The maximum absolute atomic E-state index is 12.3. The number of halogens is 4. The fourth-order valence-corrected chi connectivity index (χ4v) is 2.74. The van der Waals surface area contributed by atoms with Gasteiger partial charge in [0.25, 0.3) is 0 Å². The minimum atomic E-state index is -4.79. The molecular formula is C19H19ClF3N3O3. The third kappa shape index (κ3) is 6.65. The van der Waals surface area contributed by atoms with Gasteiger partial charge >= 0.3 is 6.36 Å². The smallest absolute Gasteiger partial charge is 0.406 e. The van der Waals surface area contributed by atoms with Crippen molar-refractivity contribution in [2.45, 2.75) is 19.9 Å². The van der Waals surface area contributed by atoms with Crippen molar-refractivity contribution in [2.75, 3.05) is 14.2 Å². The largest absolute Gasteiger partial charge is 0.573 e. The van der Waals surface area contributed by atoms with E-state index in [0.29, 0.717) is 17.1 Å². The van der Waals surface area contributed by atoms with Gasteiger partial charge in [-0.3, -0.25) is 9.83 Å². The maximum Gasteiger partial charge on any atom is 0.573 e. The molecule has 0 saturated heterocycles. The summed E-state index contributed by atoms with van der Waals surface area (Å²) in [6.07, 6.45) is -4.79. The lowest BCUT2D eigenvalue weighted by molar-refractivity contribution is -0.274. The van der Waals surface area contributed by atoms with Crippen molar-refractivity contribution in [3.05, 3.63) is 64.2 Å². The summed E-state index contributed by atoms with van der Waals surface area (Å²) in [5, 5.41) is 4.06. The van der Waals surface area contributed by atoms with E-state index in [-0.39, 0.29) is 11.6 Å². The highest BCUT2D eigenvalue weighted by molar-refractivity contribution is 6.34. The minimum Gasteiger partial charge on any atom is -0.406 e. The quantitative estimate of drug-likeness (QED) is 0.393. The Bertz CT molecular complexity index is 902. The highest BCUT2D eigenvalue weighted by Gasteiger charge is 2.31. The van der Waals surface area contributed by atoms with Gasteiger partial charge in [-0.25, -0.2) is 5.48 Å². The number of oxime groups is 1. The van der Waals surface area contributed by atoms with Crippen molar-refractivity contribution in [3.63, 3.8) is 0 Å². The first-order chi connectivity index (χ1) is 13.7. The van der Waals surface area contributed by atoms with Gasteiger partial charge in [0.05, 0.1) is 17.8 Å². The first-order valence-electron chi connectivity index (χ1n) is 8.31. The van der Waals surface area contributed by atoms with Crippen LogP contribution in [0.15, 0.2) is 52.6 Å². The summed E-state index contributed by atoms with van der Waals surface area (Å²) < 4.78 is 40.7. The van der Waals surface area contributed by atoms with Crippen molar-refractivity contribution >= 4 is 23.1 Å². The number of amidine groups is 1. The fourth-order valence-electron chi connectivity index (χ4n) is 2.43. The number of aliphatic imine (C=N–C) groups is 1. The van der Waals surface area contributed by atoms with E-state index >= 15 is 0 Å². The second-order valence-corrected chi connectivity index (χ2v) is 6.08. The fraction of sp³-hybridized carbons (Fsp3) is 0.263. The Morgan fingerprint density at radius 2 is 1.86 bits per heavy atom. The van der Waals surface area contributed by atoms with Crippen LogP contribution in [0.5, 0.6) is 5.75 Å². The number of benzene rings is 2. The molecule has 0 unspecified atom stereocenters. The molecule has 0 bridgehead atoms. The van der Waals surface area contributed by atoms with E-state index in [2.05, 4.69) is 20.4 Å². The Kier molecular flexibility index (Phi) is 7.86.